The first-order valence-electron chi connectivity index (χ1n) is 7.50. The summed E-state index contributed by atoms with van der Waals surface area (Å²) < 4.78 is 64.7. The number of nitrogens with zero attached hydrogens (tertiary/aromatic N) is 2. The number of rotatable bonds is 5. The number of piperazine rings is 1. The van der Waals surface area contributed by atoms with E-state index in [1.807, 2.05) is 0 Å². The summed E-state index contributed by atoms with van der Waals surface area (Å²) >= 11 is 0. The minimum atomic E-state index is -3.53. The molecule has 0 atom stereocenters. The van der Waals surface area contributed by atoms with E-state index in [0.29, 0.717) is 18.4 Å². The molecule has 1 saturated carbocycles. The summed E-state index contributed by atoms with van der Waals surface area (Å²) in [6.45, 7) is 0.716. The molecular formula is C14H19FN2O4S2. The number of hydrogen-bond acceptors (Lipinski definition) is 4. The lowest BCUT2D eigenvalue weighted by atomic mass is 10.2. The summed E-state index contributed by atoms with van der Waals surface area (Å²) in [6.07, 6.45) is 1.40. The third-order valence-electron chi connectivity index (χ3n) is 4.16. The van der Waals surface area contributed by atoms with Crippen molar-refractivity contribution >= 4 is 20.0 Å². The lowest BCUT2D eigenvalue weighted by molar-refractivity contribution is 0.272. The van der Waals surface area contributed by atoms with Crippen LogP contribution in [0.25, 0.3) is 0 Å². The second-order valence-electron chi connectivity index (χ2n) is 5.93. The van der Waals surface area contributed by atoms with Crippen molar-refractivity contribution in [1.82, 2.24) is 8.61 Å². The van der Waals surface area contributed by atoms with Crippen LogP contribution in [0.5, 0.6) is 0 Å². The third-order valence-corrected chi connectivity index (χ3v) is 8.41. The molecule has 0 amide bonds. The van der Waals surface area contributed by atoms with Gasteiger partial charge in [-0.1, -0.05) is 12.1 Å². The van der Waals surface area contributed by atoms with E-state index in [-0.39, 0.29) is 37.2 Å². The molecule has 23 heavy (non-hydrogen) atoms. The van der Waals surface area contributed by atoms with Crippen LogP contribution in [0.3, 0.4) is 0 Å². The molecule has 0 radical (unpaired) electrons. The predicted molar refractivity (Wildman–Crippen MR) is 84.1 cm³/mol. The van der Waals surface area contributed by atoms with E-state index in [0.717, 1.165) is 0 Å². The molecule has 6 nitrogen and oxygen atoms in total. The molecule has 1 aliphatic carbocycles. The van der Waals surface area contributed by atoms with Gasteiger partial charge < -0.3 is 0 Å². The fourth-order valence-corrected chi connectivity index (χ4v) is 6.00. The van der Waals surface area contributed by atoms with Crippen LogP contribution in [-0.2, 0) is 25.8 Å². The van der Waals surface area contributed by atoms with Gasteiger partial charge in [0.05, 0.1) is 11.0 Å². The highest BCUT2D eigenvalue weighted by Crippen LogP contribution is 2.31. The highest BCUT2D eigenvalue weighted by molar-refractivity contribution is 7.90. The van der Waals surface area contributed by atoms with Gasteiger partial charge in [0.15, 0.2) is 0 Å². The Hall–Kier alpha value is -1.03. The maximum Gasteiger partial charge on any atom is 0.218 e. The Balaban J connectivity index is 1.63. The first-order chi connectivity index (χ1) is 10.8. The molecule has 1 saturated heterocycles. The number of sulfonamides is 2. The summed E-state index contributed by atoms with van der Waals surface area (Å²) in [5, 5.41) is -0.273. The Labute approximate surface area is 136 Å². The lowest BCUT2D eigenvalue weighted by Crippen LogP contribution is -2.51. The Bertz CT molecular complexity index is 766. The van der Waals surface area contributed by atoms with Crippen molar-refractivity contribution in [2.24, 2.45) is 0 Å². The molecule has 0 spiro atoms. The first kappa shape index (κ1) is 16.8. The fourth-order valence-electron chi connectivity index (χ4n) is 2.66. The molecule has 0 unspecified atom stereocenters. The predicted octanol–water partition coefficient (Wildman–Crippen LogP) is 0.765. The van der Waals surface area contributed by atoms with Crippen molar-refractivity contribution in [2.45, 2.75) is 23.8 Å². The molecule has 2 fully saturated rings. The van der Waals surface area contributed by atoms with Crippen LogP contribution < -0.4 is 0 Å². The van der Waals surface area contributed by atoms with Gasteiger partial charge in [-0.05, 0) is 30.5 Å². The van der Waals surface area contributed by atoms with Crippen LogP contribution in [0.15, 0.2) is 24.3 Å². The molecule has 0 aromatic heterocycles. The fraction of sp³-hybridized carbons (Fsp3) is 0.571. The van der Waals surface area contributed by atoms with E-state index in [1.54, 1.807) is 0 Å². The Morgan fingerprint density at radius 1 is 0.913 bits per heavy atom. The maximum absolute atomic E-state index is 12.9. The Morgan fingerprint density at radius 3 is 1.96 bits per heavy atom. The molecule has 1 aliphatic heterocycles. The van der Waals surface area contributed by atoms with Gasteiger partial charge in [-0.3, -0.25) is 0 Å². The SMILES string of the molecule is O=S(=O)(Cc1ccc(F)cc1)N1CCN(S(=O)(=O)C2CC2)CC1. The van der Waals surface area contributed by atoms with Crippen molar-refractivity contribution in [3.8, 4) is 0 Å². The first-order valence-corrected chi connectivity index (χ1v) is 10.6. The van der Waals surface area contributed by atoms with Gasteiger partial charge in [0, 0.05) is 26.2 Å². The minimum absolute atomic E-state index is 0.162. The van der Waals surface area contributed by atoms with Crippen LogP contribution in [0, 0.1) is 5.82 Å². The molecule has 0 bridgehead atoms. The summed E-state index contributed by atoms with van der Waals surface area (Å²) in [6, 6.07) is 5.34. The molecule has 1 aromatic rings. The van der Waals surface area contributed by atoms with Crippen molar-refractivity contribution in [3.05, 3.63) is 35.6 Å². The zero-order valence-electron chi connectivity index (χ0n) is 12.6. The second kappa shape index (κ2) is 6.12. The largest absolute Gasteiger partial charge is 0.218 e. The Kier molecular flexibility index (Phi) is 4.47. The highest BCUT2D eigenvalue weighted by Gasteiger charge is 2.41. The van der Waals surface area contributed by atoms with Crippen LogP contribution >= 0.6 is 0 Å². The van der Waals surface area contributed by atoms with Gasteiger partial charge in [0.2, 0.25) is 20.0 Å². The third kappa shape index (κ3) is 3.73. The van der Waals surface area contributed by atoms with Gasteiger partial charge in [0.1, 0.15) is 5.82 Å². The van der Waals surface area contributed by atoms with Crippen LogP contribution in [0.2, 0.25) is 0 Å². The van der Waals surface area contributed by atoms with Crippen molar-refractivity contribution in [2.75, 3.05) is 26.2 Å². The molecular weight excluding hydrogens is 343 g/mol. The van der Waals surface area contributed by atoms with Gasteiger partial charge in [-0.2, -0.15) is 8.61 Å². The van der Waals surface area contributed by atoms with Crippen LogP contribution in [0.1, 0.15) is 18.4 Å². The van der Waals surface area contributed by atoms with E-state index in [9.17, 15) is 21.2 Å². The molecule has 128 valence electrons. The smallest absolute Gasteiger partial charge is 0.212 e. The average Bonchev–Trinajstić information content (AvgIpc) is 3.35. The zero-order chi connectivity index (χ0) is 16.7. The normalized spacial score (nSPS) is 21.4. The number of hydrogen-bond donors (Lipinski definition) is 0. The minimum Gasteiger partial charge on any atom is -0.212 e. The second-order valence-corrected chi connectivity index (χ2v) is 10.1. The van der Waals surface area contributed by atoms with E-state index in [2.05, 4.69) is 0 Å². The summed E-state index contributed by atoms with van der Waals surface area (Å²) in [7, 11) is -6.78. The molecule has 3 rings (SSSR count). The van der Waals surface area contributed by atoms with E-state index < -0.39 is 25.9 Å². The lowest BCUT2D eigenvalue weighted by Gasteiger charge is -2.33. The highest BCUT2D eigenvalue weighted by atomic mass is 32.2. The van der Waals surface area contributed by atoms with Gasteiger partial charge in [-0.15, -0.1) is 0 Å². The van der Waals surface area contributed by atoms with Crippen LogP contribution in [-0.4, -0.2) is 56.9 Å². The molecule has 0 N–H and O–H groups in total. The quantitative estimate of drug-likeness (QED) is 0.775. The molecule has 2 aliphatic rings. The van der Waals surface area contributed by atoms with E-state index >= 15 is 0 Å². The maximum atomic E-state index is 12.9. The zero-order valence-corrected chi connectivity index (χ0v) is 14.2. The topological polar surface area (TPSA) is 74.8 Å². The van der Waals surface area contributed by atoms with Gasteiger partial charge >= 0.3 is 0 Å². The van der Waals surface area contributed by atoms with Gasteiger partial charge in [-0.25, -0.2) is 21.2 Å². The van der Waals surface area contributed by atoms with Crippen molar-refractivity contribution < 1.29 is 21.2 Å². The number of halogens is 1. The summed E-state index contributed by atoms with van der Waals surface area (Å²) in [5.41, 5.74) is 0.513. The van der Waals surface area contributed by atoms with Gasteiger partial charge in [0.25, 0.3) is 0 Å². The standard InChI is InChI=1S/C14H19FN2O4S2/c15-13-3-1-12(2-4-13)11-22(18,19)16-7-9-17(10-8-16)23(20,21)14-5-6-14/h1-4,14H,5-11H2. The van der Waals surface area contributed by atoms with Crippen LogP contribution in [0.4, 0.5) is 4.39 Å². The molecule has 9 heteroatoms. The summed E-state index contributed by atoms with van der Waals surface area (Å²) in [4.78, 5) is 0. The van der Waals surface area contributed by atoms with Crippen molar-refractivity contribution in [3.63, 3.8) is 0 Å². The molecule has 1 aromatic carbocycles. The van der Waals surface area contributed by atoms with E-state index in [4.69, 9.17) is 0 Å². The Morgan fingerprint density at radius 2 is 1.43 bits per heavy atom. The molecule has 1 heterocycles. The number of benzene rings is 1. The van der Waals surface area contributed by atoms with E-state index in [1.165, 1.54) is 32.9 Å². The van der Waals surface area contributed by atoms with Crippen molar-refractivity contribution in [1.29, 1.82) is 0 Å². The summed E-state index contributed by atoms with van der Waals surface area (Å²) in [5.74, 6) is -0.618. The monoisotopic (exact) mass is 362 g/mol. The average molecular weight is 362 g/mol.